The summed E-state index contributed by atoms with van der Waals surface area (Å²) in [5.74, 6) is -0.434. The second-order valence-electron chi connectivity index (χ2n) is 5.88. The van der Waals surface area contributed by atoms with Crippen molar-refractivity contribution in [1.29, 1.82) is 0 Å². The summed E-state index contributed by atoms with van der Waals surface area (Å²) in [6.07, 6.45) is 0.735. The van der Waals surface area contributed by atoms with E-state index in [4.69, 9.17) is 5.73 Å². The van der Waals surface area contributed by atoms with Gasteiger partial charge in [-0.3, -0.25) is 9.52 Å². The Bertz CT molecular complexity index is 1120. The lowest BCUT2D eigenvalue weighted by atomic mass is 10.1. The highest BCUT2D eigenvalue weighted by Crippen LogP contribution is 2.27. The number of carbonyl (C=O) groups is 1. The number of aromatic amines is 1. The van der Waals surface area contributed by atoms with Gasteiger partial charge in [-0.1, -0.05) is 6.92 Å². The monoisotopic (exact) mass is 374 g/mol. The number of nitrogens with two attached hydrogens (primary N) is 1. The molecule has 0 saturated heterocycles. The number of benzene rings is 2. The average Bonchev–Trinajstić information content (AvgIpc) is 2.98. The molecular formula is C17H18N4O4S. The van der Waals surface area contributed by atoms with Crippen LogP contribution in [0.3, 0.4) is 0 Å². The van der Waals surface area contributed by atoms with E-state index in [9.17, 15) is 18.3 Å². The zero-order valence-electron chi connectivity index (χ0n) is 14.2. The predicted octanol–water partition coefficient (Wildman–Crippen LogP) is 2.04. The van der Waals surface area contributed by atoms with E-state index in [2.05, 4.69) is 14.7 Å². The topological polar surface area (TPSA) is 138 Å². The highest BCUT2D eigenvalue weighted by molar-refractivity contribution is 7.92. The smallest absolute Gasteiger partial charge is 0.261 e. The molecule has 0 saturated carbocycles. The van der Waals surface area contributed by atoms with Gasteiger partial charge >= 0.3 is 0 Å². The number of carbonyl (C=O) groups excluding carboxylic acids is 1. The van der Waals surface area contributed by atoms with Crippen LogP contribution in [0.1, 0.15) is 28.7 Å². The first-order valence-corrected chi connectivity index (χ1v) is 9.34. The minimum absolute atomic E-state index is 0.166. The largest absolute Gasteiger partial charge is 0.507 e. The Hall–Kier alpha value is -3.07. The number of H-pyrrole nitrogens is 1. The Morgan fingerprint density at radius 1 is 1.31 bits per heavy atom. The van der Waals surface area contributed by atoms with Gasteiger partial charge < -0.3 is 15.8 Å². The van der Waals surface area contributed by atoms with Crippen LogP contribution in [-0.2, 0) is 16.4 Å². The Morgan fingerprint density at radius 2 is 2.04 bits per heavy atom. The van der Waals surface area contributed by atoms with Gasteiger partial charge in [0.2, 0.25) is 0 Å². The Morgan fingerprint density at radius 3 is 2.69 bits per heavy atom. The molecule has 0 unspecified atom stereocenters. The highest BCUT2D eigenvalue weighted by Gasteiger charge is 2.20. The molecule has 0 aliphatic heterocycles. The predicted molar refractivity (Wildman–Crippen MR) is 97.6 cm³/mol. The number of amides is 1. The van der Waals surface area contributed by atoms with Crippen molar-refractivity contribution in [1.82, 2.24) is 9.97 Å². The molecule has 5 N–H and O–H groups in total. The number of aromatic nitrogens is 2. The number of rotatable bonds is 5. The lowest BCUT2D eigenvalue weighted by Crippen LogP contribution is -2.16. The number of sulfonamides is 1. The average molecular weight is 374 g/mol. The number of anilines is 1. The molecule has 2 aromatic carbocycles. The van der Waals surface area contributed by atoms with Gasteiger partial charge in [0.15, 0.2) is 0 Å². The van der Waals surface area contributed by atoms with Crippen molar-refractivity contribution >= 4 is 32.7 Å². The van der Waals surface area contributed by atoms with Crippen LogP contribution in [0.15, 0.2) is 35.2 Å². The van der Waals surface area contributed by atoms with Crippen molar-refractivity contribution in [3.63, 3.8) is 0 Å². The molecule has 8 nitrogen and oxygen atoms in total. The third-order valence-corrected chi connectivity index (χ3v) is 5.33. The van der Waals surface area contributed by atoms with E-state index < -0.39 is 15.9 Å². The SMILES string of the molecule is CCc1nc2ccc(NS(=O)(=O)c3cc(C)c(O)c(C(N)=O)c3)cc2[nH]1. The standard InChI is InChI=1S/C17H18N4O4S/c1-3-15-19-13-5-4-10(7-14(13)20-15)21-26(24,25)11-6-9(2)16(22)12(8-11)17(18)23/h4-8,21-22H,3H2,1-2H3,(H2,18,23)(H,19,20). The van der Waals surface area contributed by atoms with Crippen molar-refractivity contribution in [2.75, 3.05) is 4.72 Å². The van der Waals surface area contributed by atoms with Crippen LogP contribution in [0.25, 0.3) is 11.0 Å². The summed E-state index contributed by atoms with van der Waals surface area (Å²) in [4.78, 5) is 18.7. The van der Waals surface area contributed by atoms with Gasteiger partial charge in [0.25, 0.3) is 15.9 Å². The molecule has 1 aromatic heterocycles. The van der Waals surface area contributed by atoms with Gasteiger partial charge in [-0.05, 0) is 42.8 Å². The molecule has 9 heteroatoms. The van der Waals surface area contributed by atoms with Crippen LogP contribution >= 0.6 is 0 Å². The number of aryl methyl sites for hydroxylation is 2. The van der Waals surface area contributed by atoms with Crippen molar-refractivity contribution < 1.29 is 18.3 Å². The Balaban J connectivity index is 2.00. The maximum atomic E-state index is 12.7. The molecule has 0 radical (unpaired) electrons. The maximum Gasteiger partial charge on any atom is 0.261 e. The van der Waals surface area contributed by atoms with Crippen LogP contribution in [0.4, 0.5) is 5.69 Å². The molecule has 3 aromatic rings. The number of nitrogens with zero attached hydrogens (tertiary/aromatic N) is 1. The van der Waals surface area contributed by atoms with E-state index in [-0.39, 0.29) is 21.8 Å². The molecular weight excluding hydrogens is 356 g/mol. The summed E-state index contributed by atoms with van der Waals surface area (Å²) in [6, 6.07) is 7.27. The van der Waals surface area contributed by atoms with E-state index in [1.807, 2.05) is 6.92 Å². The molecule has 1 amide bonds. The second kappa shape index (κ2) is 6.34. The second-order valence-corrected chi connectivity index (χ2v) is 7.56. The molecule has 0 bridgehead atoms. The molecule has 26 heavy (non-hydrogen) atoms. The number of imidazole rings is 1. The van der Waals surface area contributed by atoms with Crippen molar-refractivity contribution in [3.05, 3.63) is 47.3 Å². The summed E-state index contributed by atoms with van der Waals surface area (Å²) in [6.45, 7) is 3.45. The van der Waals surface area contributed by atoms with Gasteiger partial charge in [0, 0.05) is 6.42 Å². The lowest BCUT2D eigenvalue weighted by Gasteiger charge is -2.11. The number of aromatic hydroxyl groups is 1. The quantitative estimate of drug-likeness (QED) is 0.541. The van der Waals surface area contributed by atoms with Gasteiger partial charge in [0.1, 0.15) is 11.6 Å². The number of phenols is 1. The van der Waals surface area contributed by atoms with Gasteiger partial charge in [0.05, 0.1) is 27.2 Å². The zero-order chi connectivity index (χ0) is 19.1. The first-order chi connectivity index (χ1) is 12.2. The Kier molecular flexibility index (Phi) is 4.33. The van der Waals surface area contributed by atoms with Gasteiger partial charge in [-0.2, -0.15) is 0 Å². The highest BCUT2D eigenvalue weighted by atomic mass is 32.2. The first kappa shape index (κ1) is 17.7. The number of hydrogen-bond donors (Lipinski definition) is 4. The van der Waals surface area contributed by atoms with Gasteiger partial charge in [-0.25, -0.2) is 13.4 Å². The van der Waals surface area contributed by atoms with E-state index >= 15 is 0 Å². The molecule has 3 rings (SSSR count). The number of hydrogen-bond acceptors (Lipinski definition) is 5. The van der Waals surface area contributed by atoms with Crippen LogP contribution < -0.4 is 10.5 Å². The summed E-state index contributed by atoms with van der Waals surface area (Å²) in [5, 5.41) is 9.86. The van der Waals surface area contributed by atoms with Crippen molar-refractivity contribution in [3.8, 4) is 5.75 Å². The first-order valence-electron chi connectivity index (χ1n) is 7.86. The van der Waals surface area contributed by atoms with Crippen LogP contribution in [0.5, 0.6) is 5.75 Å². The fraction of sp³-hybridized carbons (Fsp3) is 0.176. The summed E-state index contributed by atoms with van der Waals surface area (Å²) < 4.78 is 27.8. The van der Waals surface area contributed by atoms with E-state index in [0.717, 1.165) is 23.8 Å². The number of fused-ring (bicyclic) bond motifs is 1. The molecule has 0 atom stereocenters. The van der Waals surface area contributed by atoms with E-state index in [0.29, 0.717) is 11.2 Å². The normalized spacial score (nSPS) is 11.6. The van der Waals surface area contributed by atoms with E-state index in [1.54, 1.807) is 18.2 Å². The molecule has 1 heterocycles. The fourth-order valence-electron chi connectivity index (χ4n) is 2.60. The third kappa shape index (κ3) is 3.21. The molecule has 0 spiro atoms. The van der Waals surface area contributed by atoms with E-state index in [1.165, 1.54) is 13.0 Å². The summed E-state index contributed by atoms with van der Waals surface area (Å²) >= 11 is 0. The van der Waals surface area contributed by atoms with Crippen LogP contribution in [0.2, 0.25) is 0 Å². The minimum atomic E-state index is -3.98. The molecule has 136 valence electrons. The third-order valence-electron chi connectivity index (χ3n) is 3.97. The minimum Gasteiger partial charge on any atom is -0.507 e. The summed E-state index contributed by atoms with van der Waals surface area (Å²) in [7, 11) is -3.98. The maximum absolute atomic E-state index is 12.7. The van der Waals surface area contributed by atoms with Crippen molar-refractivity contribution in [2.24, 2.45) is 5.73 Å². The van der Waals surface area contributed by atoms with Gasteiger partial charge in [-0.15, -0.1) is 0 Å². The number of primary amides is 1. The lowest BCUT2D eigenvalue weighted by molar-refractivity contribution is 0.0997. The summed E-state index contributed by atoms with van der Waals surface area (Å²) in [5.41, 5.74) is 6.98. The molecule has 0 aliphatic carbocycles. The Labute approximate surface area is 150 Å². The van der Waals surface area contributed by atoms with Crippen molar-refractivity contribution in [2.45, 2.75) is 25.2 Å². The fourth-order valence-corrected chi connectivity index (χ4v) is 3.76. The molecule has 0 aliphatic rings. The van der Waals surface area contributed by atoms with Crippen LogP contribution in [-0.4, -0.2) is 29.4 Å². The van der Waals surface area contributed by atoms with Crippen LogP contribution in [0, 0.1) is 6.92 Å². The molecule has 0 fully saturated rings. The zero-order valence-corrected chi connectivity index (χ0v) is 15.0. The number of nitrogens with one attached hydrogen (secondary N) is 2.